The van der Waals surface area contributed by atoms with Gasteiger partial charge >= 0.3 is 0 Å². The van der Waals surface area contributed by atoms with Crippen molar-refractivity contribution < 1.29 is 5.11 Å². The van der Waals surface area contributed by atoms with Gasteiger partial charge in [0.2, 0.25) is 0 Å². The van der Waals surface area contributed by atoms with Crippen LogP contribution in [0.25, 0.3) is 0 Å². The van der Waals surface area contributed by atoms with Gasteiger partial charge in [-0.3, -0.25) is 0 Å². The maximum Gasteiger partial charge on any atom is 0.0460 e. The summed E-state index contributed by atoms with van der Waals surface area (Å²) in [5.74, 6) is 1.51. The summed E-state index contributed by atoms with van der Waals surface area (Å²) in [5, 5.41) is 9.11. The fraction of sp³-hybridized carbons (Fsp3) is 1.00. The molecule has 0 aliphatic carbocycles. The lowest BCUT2D eigenvalue weighted by Crippen LogP contribution is -2.42. The maximum atomic E-state index is 9.11. The summed E-state index contributed by atoms with van der Waals surface area (Å²) >= 11 is 0. The first-order valence-corrected chi connectivity index (χ1v) is 7.33. The van der Waals surface area contributed by atoms with Crippen LogP contribution < -0.4 is 0 Å². The van der Waals surface area contributed by atoms with Crippen LogP contribution in [0.3, 0.4) is 0 Å². The zero-order valence-electron chi connectivity index (χ0n) is 11.3. The average Bonchev–Trinajstić information content (AvgIpc) is 2.39. The molecule has 0 unspecified atom stereocenters. The van der Waals surface area contributed by atoms with Crippen LogP contribution in [0.4, 0.5) is 0 Å². The molecule has 2 aliphatic rings. The van der Waals surface area contributed by atoms with E-state index in [9.17, 15) is 0 Å². The van der Waals surface area contributed by atoms with Crippen LogP contribution in [0.2, 0.25) is 0 Å². The van der Waals surface area contributed by atoms with Crippen molar-refractivity contribution in [2.24, 2.45) is 11.8 Å². The second-order valence-corrected chi connectivity index (χ2v) is 5.99. The van der Waals surface area contributed by atoms with E-state index in [0.717, 1.165) is 5.92 Å². The molecule has 100 valence electrons. The third-order valence-corrected chi connectivity index (χ3v) is 4.57. The number of nitrogens with zero attached hydrogens (tertiary/aromatic N) is 2. The van der Waals surface area contributed by atoms with Gasteiger partial charge in [0.25, 0.3) is 0 Å². The molecule has 2 heterocycles. The zero-order chi connectivity index (χ0) is 12.1. The van der Waals surface area contributed by atoms with E-state index in [1.165, 1.54) is 65.0 Å². The Hall–Kier alpha value is -0.120. The number of rotatable bonds is 4. The quantitative estimate of drug-likeness (QED) is 0.805. The summed E-state index contributed by atoms with van der Waals surface area (Å²) in [6.07, 6.45) is 5.14. The molecular formula is C14H28N2O. The molecule has 2 saturated heterocycles. The minimum atomic E-state index is 0.387. The van der Waals surface area contributed by atoms with Crippen molar-refractivity contribution in [3.05, 3.63) is 0 Å². The third-order valence-electron chi connectivity index (χ3n) is 4.57. The van der Waals surface area contributed by atoms with Crippen LogP contribution in [-0.4, -0.2) is 60.8 Å². The molecular weight excluding hydrogens is 212 g/mol. The first-order chi connectivity index (χ1) is 8.28. The van der Waals surface area contributed by atoms with E-state index in [0.29, 0.717) is 12.5 Å². The fourth-order valence-electron chi connectivity index (χ4n) is 2.96. The van der Waals surface area contributed by atoms with Gasteiger partial charge in [0.15, 0.2) is 0 Å². The van der Waals surface area contributed by atoms with E-state index in [2.05, 4.69) is 16.7 Å². The summed E-state index contributed by atoms with van der Waals surface area (Å²) in [5.41, 5.74) is 0. The molecule has 3 nitrogen and oxygen atoms in total. The molecule has 17 heavy (non-hydrogen) atoms. The van der Waals surface area contributed by atoms with Crippen LogP contribution in [-0.2, 0) is 0 Å². The SMILES string of the molecule is CC1CCN(CCN2CCC(CO)CC2)CC1. The Balaban J connectivity index is 1.59. The standard InChI is InChI=1S/C14H28N2O/c1-13-2-6-15(7-3-13)10-11-16-8-4-14(12-17)5-9-16/h13-14,17H,2-12H2,1H3. The van der Waals surface area contributed by atoms with Gasteiger partial charge < -0.3 is 14.9 Å². The van der Waals surface area contributed by atoms with E-state index < -0.39 is 0 Å². The monoisotopic (exact) mass is 240 g/mol. The summed E-state index contributed by atoms with van der Waals surface area (Å²) < 4.78 is 0. The highest BCUT2D eigenvalue weighted by Gasteiger charge is 2.20. The number of hydrogen-bond acceptors (Lipinski definition) is 3. The summed E-state index contributed by atoms with van der Waals surface area (Å²) in [6.45, 7) is 10.2. The highest BCUT2D eigenvalue weighted by atomic mass is 16.3. The number of aliphatic hydroxyl groups is 1. The average molecular weight is 240 g/mol. The smallest absolute Gasteiger partial charge is 0.0460 e. The van der Waals surface area contributed by atoms with Gasteiger partial charge in [0, 0.05) is 19.7 Å². The van der Waals surface area contributed by atoms with Crippen molar-refractivity contribution in [2.45, 2.75) is 32.6 Å². The molecule has 2 aliphatic heterocycles. The summed E-state index contributed by atoms with van der Waals surface area (Å²) in [7, 11) is 0. The number of likely N-dealkylation sites (tertiary alicyclic amines) is 2. The van der Waals surface area contributed by atoms with Gasteiger partial charge in [-0.25, -0.2) is 0 Å². The Bertz CT molecular complexity index is 206. The van der Waals surface area contributed by atoms with Gasteiger partial charge in [0.05, 0.1) is 0 Å². The van der Waals surface area contributed by atoms with Crippen molar-refractivity contribution in [3.8, 4) is 0 Å². The Kier molecular flexibility index (Phi) is 5.26. The van der Waals surface area contributed by atoms with Gasteiger partial charge in [-0.15, -0.1) is 0 Å². The van der Waals surface area contributed by atoms with Gasteiger partial charge in [-0.2, -0.15) is 0 Å². The number of hydrogen-bond donors (Lipinski definition) is 1. The van der Waals surface area contributed by atoms with Crippen LogP contribution in [0.5, 0.6) is 0 Å². The predicted octanol–water partition coefficient (Wildman–Crippen LogP) is 1.42. The third kappa shape index (κ3) is 4.23. The van der Waals surface area contributed by atoms with Gasteiger partial charge in [-0.1, -0.05) is 6.92 Å². The minimum Gasteiger partial charge on any atom is -0.396 e. The largest absolute Gasteiger partial charge is 0.396 e. The minimum absolute atomic E-state index is 0.387. The highest BCUT2D eigenvalue weighted by Crippen LogP contribution is 2.18. The lowest BCUT2D eigenvalue weighted by molar-refractivity contribution is 0.111. The molecule has 0 aromatic carbocycles. The lowest BCUT2D eigenvalue weighted by atomic mass is 9.97. The van der Waals surface area contributed by atoms with E-state index >= 15 is 0 Å². The number of piperidine rings is 2. The van der Waals surface area contributed by atoms with E-state index in [4.69, 9.17) is 5.11 Å². The maximum absolute atomic E-state index is 9.11. The first kappa shape index (κ1) is 13.3. The second-order valence-electron chi connectivity index (χ2n) is 5.99. The van der Waals surface area contributed by atoms with Gasteiger partial charge in [0.1, 0.15) is 0 Å². The van der Waals surface area contributed by atoms with Crippen LogP contribution in [0.1, 0.15) is 32.6 Å². The Labute approximate surface area is 106 Å². The molecule has 0 bridgehead atoms. The Morgan fingerprint density at radius 3 is 1.82 bits per heavy atom. The van der Waals surface area contributed by atoms with Crippen LogP contribution in [0.15, 0.2) is 0 Å². The molecule has 2 rings (SSSR count). The molecule has 1 N–H and O–H groups in total. The summed E-state index contributed by atoms with van der Waals surface area (Å²) in [4.78, 5) is 5.20. The van der Waals surface area contributed by atoms with Crippen molar-refractivity contribution >= 4 is 0 Å². The second kappa shape index (κ2) is 6.72. The Morgan fingerprint density at radius 2 is 1.35 bits per heavy atom. The Morgan fingerprint density at radius 1 is 0.882 bits per heavy atom. The van der Waals surface area contributed by atoms with Crippen LogP contribution >= 0.6 is 0 Å². The molecule has 0 amide bonds. The number of aliphatic hydroxyl groups excluding tert-OH is 1. The molecule has 0 aromatic rings. The molecule has 0 atom stereocenters. The highest BCUT2D eigenvalue weighted by molar-refractivity contribution is 4.74. The molecule has 0 aromatic heterocycles. The van der Waals surface area contributed by atoms with Crippen molar-refractivity contribution in [1.29, 1.82) is 0 Å². The fourth-order valence-corrected chi connectivity index (χ4v) is 2.96. The lowest BCUT2D eigenvalue weighted by Gasteiger charge is -2.35. The van der Waals surface area contributed by atoms with Crippen molar-refractivity contribution in [3.63, 3.8) is 0 Å². The van der Waals surface area contributed by atoms with E-state index in [1.54, 1.807) is 0 Å². The van der Waals surface area contributed by atoms with Crippen molar-refractivity contribution in [1.82, 2.24) is 9.80 Å². The van der Waals surface area contributed by atoms with Crippen molar-refractivity contribution in [2.75, 3.05) is 45.9 Å². The first-order valence-electron chi connectivity index (χ1n) is 7.33. The molecule has 0 radical (unpaired) electrons. The topological polar surface area (TPSA) is 26.7 Å². The van der Waals surface area contributed by atoms with E-state index in [1.807, 2.05) is 0 Å². The zero-order valence-corrected chi connectivity index (χ0v) is 11.3. The molecule has 2 fully saturated rings. The van der Waals surface area contributed by atoms with E-state index in [-0.39, 0.29) is 0 Å². The summed E-state index contributed by atoms with van der Waals surface area (Å²) in [6, 6.07) is 0. The predicted molar refractivity (Wildman–Crippen MR) is 71.1 cm³/mol. The molecule has 3 heteroatoms. The van der Waals surface area contributed by atoms with Gasteiger partial charge in [-0.05, 0) is 63.7 Å². The normalized spacial score (nSPS) is 26.5. The van der Waals surface area contributed by atoms with Crippen LogP contribution in [0, 0.1) is 11.8 Å². The molecule has 0 saturated carbocycles. The molecule has 0 spiro atoms.